The van der Waals surface area contributed by atoms with Gasteiger partial charge < -0.3 is 14.8 Å². The molecule has 0 radical (unpaired) electrons. The summed E-state index contributed by atoms with van der Waals surface area (Å²) >= 11 is 0. The number of sulfonamides is 1. The van der Waals surface area contributed by atoms with Gasteiger partial charge in [0.2, 0.25) is 15.9 Å². The van der Waals surface area contributed by atoms with Crippen LogP contribution in [0.2, 0.25) is 0 Å². The number of methoxy groups -OCH3 is 1. The molecule has 1 amide bonds. The number of nitrogens with one attached hydrogen (secondary N) is 1. The van der Waals surface area contributed by atoms with Crippen LogP contribution in [0.1, 0.15) is 24.5 Å². The van der Waals surface area contributed by atoms with Gasteiger partial charge in [0.25, 0.3) is 5.69 Å². The Morgan fingerprint density at radius 3 is 2.45 bits per heavy atom. The number of rotatable bonds is 11. The largest absolute Gasteiger partial charge is 0.495 e. The van der Waals surface area contributed by atoms with Crippen molar-refractivity contribution in [3.63, 3.8) is 0 Å². The van der Waals surface area contributed by atoms with E-state index in [1.165, 1.54) is 19.2 Å². The second kappa shape index (κ2) is 11.0. The summed E-state index contributed by atoms with van der Waals surface area (Å²) in [4.78, 5) is 23.5. The van der Waals surface area contributed by atoms with Gasteiger partial charge in [-0.1, -0.05) is 19.1 Å². The number of carbonyl (C=O) groups is 1. The monoisotopic (exact) mass is 479 g/mol. The van der Waals surface area contributed by atoms with E-state index in [1.807, 2.05) is 32.0 Å². The zero-order chi connectivity index (χ0) is 24.8. The third kappa shape index (κ3) is 6.58. The summed E-state index contributed by atoms with van der Waals surface area (Å²) in [5.74, 6) is 0.243. The fourth-order valence-electron chi connectivity index (χ4n) is 3.32. The van der Waals surface area contributed by atoms with Crippen LogP contribution < -0.4 is 19.1 Å². The molecule has 0 spiro atoms. The van der Waals surface area contributed by atoms with Crippen LogP contribution in [0.15, 0.2) is 36.4 Å². The van der Waals surface area contributed by atoms with E-state index in [9.17, 15) is 23.3 Å². The quantitative estimate of drug-likeness (QED) is 0.298. The number of hydrogen-bond donors (Lipinski definition) is 1. The van der Waals surface area contributed by atoms with Crippen molar-refractivity contribution in [1.29, 1.82) is 0 Å². The normalized spacial score (nSPS) is 12.0. The summed E-state index contributed by atoms with van der Waals surface area (Å²) in [6.45, 7) is 5.84. The third-order valence-corrected chi connectivity index (χ3v) is 6.11. The lowest BCUT2D eigenvalue weighted by atomic mass is 10.1. The first-order valence-electron chi connectivity index (χ1n) is 10.3. The summed E-state index contributed by atoms with van der Waals surface area (Å²) < 4.78 is 37.1. The molecular formula is C22H29N3O7S. The van der Waals surface area contributed by atoms with Crippen LogP contribution in [0.5, 0.6) is 11.5 Å². The van der Waals surface area contributed by atoms with Crippen LogP contribution in [0.4, 0.5) is 11.4 Å². The maximum Gasteiger partial charge on any atom is 0.271 e. The Hall–Kier alpha value is -3.34. The van der Waals surface area contributed by atoms with E-state index in [1.54, 1.807) is 6.92 Å². The van der Waals surface area contributed by atoms with Crippen molar-refractivity contribution in [2.24, 2.45) is 0 Å². The van der Waals surface area contributed by atoms with Gasteiger partial charge in [-0.25, -0.2) is 8.42 Å². The smallest absolute Gasteiger partial charge is 0.271 e. The third-order valence-electron chi connectivity index (χ3n) is 4.94. The van der Waals surface area contributed by atoms with Crippen LogP contribution in [0, 0.1) is 24.0 Å². The number of anilines is 1. The number of ether oxygens (including phenoxy) is 2. The van der Waals surface area contributed by atoms with Gasteiger partial charge >= 0.3 is 0 Å². The Kier molecular flexibility index (Phi) is 8.63. The second-order valence-corrected chi connectivity index (χ2v) is 9.36. The lowest BCUT2D eigenvalue weighted by molar-refractivity contribution is -0.384. The summed E-state index contributed by atoms with van der Waals surface area (Å²) in [5.41, 5.74) is 1.60. The molecule has 2 aromatic carbocycles. The molecule has 0 bridgehead atoms. The maximum atomic E-state index is 12.9. The van der Waals surface area contributed by atoms with Gasteiger partial charge in [-0.2, -0.15) is 0 Å². The molecular weight excluding hydrogens is 450 g/mol. The molecule has 0 aliphatic heterocycles. The Balaban J connectivity index is 2.23. The summed E-state index contributed by atoms with van der Waals surface area (Å²) in [7, 11) is -2.68. The highest BCUT2D eigenvalue weighted by molar-refractivity contribution is 7.92. The highest BCUT2D eigenvalue weighted by atomic mass is 32.2. The average Bonchev–Trinajstić information content (AvgIpc) is 2.75. The number of benzene rings is 2. The van der Waals surface area contributed by atoms with E-state index in [2.05, 4.69) is 5.32 Å². The molecule has 0 saturated heterocycles. The van der Waals surface area contributed by atoms with Crippen LogP contribution in [-0.4, -0.2) is 51.8 Å². The number of nitrogens with zero attached hydrogens (tertiary/aromatic N) is 2. The average molecular weight is 480 g/mol. The molecule has 0 saturated carbocycles. The van der Waals surface area contributed by atoms with Gasteiger partial charge in [-0.15, -0.1) is 0 Å². The molecule has 180 valence electrons. The molecule has 10 nitrogen and oxygen atoms in total. The minimum Gasteiger partial charge on any atom is -0.495 e. The Labute approximate surface area is 193 Å². The zero-order valence-corrected chi connectivity index (χ0v) is 20.1. The lowest BCUT2D eigenvalue weighted by Gasteiger charge is -2.30. The molecule has 0 fully saturated rings. The van der Waals surface area contributed by atoms with Crippen molar-refractivity contribution < 1.29 is 27.6 Å². The summed E-state index contributed by atoms with van der Waals surface area (Å²) in [5, 5.41) is 13.9. The number of non-ortho nitro benzene ring substituents is 1. The van der Waals surface area contributed by atoms with E-state index in [0.29, 0.717) is 5.75 Å². The van der Waals surface area contributed by atoms with E-state index < -0.39 is 26.9 Å². The van der Waals surface area contributed by atoms with Crippen molar-refractivity contribution in [3.05, 3.63) is 57.6 Å². The lowest BCUT2D eigenvalue weighted by Crippen LogP contribution is -2.50. The highest BCUT2D eigenvalue weighted by Crippen LogP contribution is 2.35. The van der Waals surface area contributed by atoms with Crippen molar-refractivity contribution >= 4 is 27.3 Å². The standard InChI is InChI=1S/C22H29N3O7S/c1-6-18(22(26)23-11-12-32-21-13-15(2)7-8-16(21)3)24(33(5,29)30)19-14-17(25(27)28)9-10-20(19)31-4/h7-10,13-14,18H,6,11-12H2,1-5H3,(H,23,26)/t18-/m1/s1. The Morgan fingerprint density at radius 1 is 1.18 bits per heavy atom. The highest BCUT2D eigenvalue weighted by Gasteiger charge is 2.34. The van der Waals surface area contributed by atoms with Crippen LogP contribution in [-0.2, 0) is 14.8 Å². The number of aryl methyl sites for hydroxylation is 2. The van der Waals surface area contributed by atoms with Crippen LogP contribution in [0.25, 0.3) is 0 Å². The molecule has 0 aliphatic rings. The van der Waals surface area contributed by atoms with Gasteiger partial charge in [0, 0.05) is 12.1 Å². The van der Waals surface area contributed by atoms with Gasteiger partial charge in [-0.05, 0) is 43.5 Å². The Morgan fingerprint density at radius 2 is 1.88 bits per heavy atom. The fourth-order valence-corrected chi connectivity index (χ4v) is 4.52. The number of carbonyl (C=O) groups excluding carboxylic acids is 1. The minimum absolute atomic E-state index is 0.0807. The predicted molar refractivity (Wildman–Crippen MR) is 125 cm³/mol. The minimum atomic E-state index is -3.99. The molecule has 2 rings (SSSR count). The molecule has 1 N–H and O–H groups in total. The topological polar surface area (TPSA) is 128 Å². The van der Waals surface area contributed by atoms with Gasteiger partial charge in [0.1, 0.15) is 29.8 Å². The number of hydrogen-bond acceptors (Lipinski definition) is 7. The molecule has 11 heteroatoms. The van der Waals surface area contributed by atoms with Crippen molar-refractivity contribution in [2.45, 2.75) is 33.2 Å². The molecule has 1 atom stereocenters. The van der Waals surface area contributed by atoms with E-state index in [4.69, 9.17) is 9.47 Å². The maximum absolute atomic E-state index is 12.9. The number of nitro benzene ring substituents is 1. The number of nitro groups is 1. The Bertz CT molecular complexity index is 1120. The van der Waals surface area contributed by atoms with Gasteiger partial charge in [-0.3, -0.25) is 19.2 Å². The molecule has 33 heavy (non-hydrogen) atoms. The first-order chi connectivity index (χ1) is 15.5. The second-order valence-electron chi connectivity index (χ2n) is 7.50. The first-order valence-corrected chi connectivity index (χ1v) is 12.1. The van der Waals surface area contributed by atoms with Crippen LogP contribution in [0.3, 0.4) is 0 Å². The zero-order valence-electron chi connectivity index (χ0n) is 19.3. The van der Waals surface area contributed by atoms with E-state index in [-0.39, 0.29) is 36.7 Å². The summed E-state index contributed by atoms with van der Waals surface area (Å²) in [6.07, 6.45) is 1.06. The summed E-state index contributed by atoms with van der Waals surface area (Å²) in [6, 6.07) is 8.25. The van der Waals surface area contributed by atoms with E-state index in [0.717, 1.165) is 27.8 Å². The van der Waals surface area contributed by atoms with Crippen molar-refractivity contribution in [3.8, 4) is 11.5 Å². The molecule has 0 aromatic heterocycles. The van der Waals surface area contributed by atoms with Gasteiger partial charge in [0.15, 0.2) is 0 Å². The number of amides is 1. The molecule has 0 heterocycles. The first kappa shape index (κ1) is 25.9. The van der Waals surface area contributed by atoms with Gasteiger partial charge in [0.05, 0.1) is 24.8 Å². The molecule has 0 aliphatic carbocycles. The van der Waals surface area contributed by atoms with Crippen molar-refractivity contribution in [2.75, 3.05) is 30.8 Å². The van der Waals surface area contributed by atoms with E-state index >= 15 is 0 Å². The van der Waals surface area contributed by atoms with Crippen molar-refractivity contribution in [1.82, 2.24) is 5.32 Å². The SMILES string of the molecule is CC[C@H](C(=O)NCCOc1cc(C)ccc1C)N(c1cc([N+](=O)[O-])ccc1OC)S(C)(=O)=O. The van der Waals surface area contributed by atoms with Crippen LogP contribution >= 0.6 is 0 Å². The molecule has 0 unspecified atom stereocenters. The molecule has 2 aromatic rings. The predicted octanol–water partition coefficient (Wildman–Crippen LogP) is 2.96. The fraction of sp³-hybridized carbons (Fsp3) is 0.409.